The molecule has 22 heavy (non-hydrogen) atoms. The Kier molecular flexibility index (Phi) is 4.83. The monoisotopic (exact) mass is 312 g/mol. The maximum absolute atomic E-state index is 5.98. The molecule has 0 saturated heterocycles. The van der Waals surface area contributed by atoms with Gasteiger partial charge in [-0.2, -0.15) is 5.10 Å². The molecule has 3 aromatic rings. The number of pyridine rings is 1. The number of nitrogens with zero attached hydrogens (tertiary/aromatic N) is 3. The van der Waals surface area contributed by atoms with E-state index in [1.165, 1.54) is 11.1 Å². The summed E-state index contributed by atoms with van der Waals surface area (Å²) in [6, 6.07) is 14.0. The van der Waals surface area contributed by atoms with Crippen LogP contribution >= 0.6 is 11.6 Å². The Morgan fingerprint density at radius 3 is 2.50 bits per heavy atom. The fourth-order valence-corrected chi connectivity index (χ4v) is 2.49. The minimum Gasteiger partial charge on any atom is -0.310 e. The molecule has 0 saturated carbocycles. The summed E-state index contributed by atoms with van der Waals surface area (Å²) in [4.78, 5) is 4.03. The fourth-order valence-electron chi connectivity index (χ4n) is 2.37. The van der Waals surface area contributed by atoms with Crippen molar-refractivity contribution in [2.45, 2.75) is 12.6 Å². The molecule has 1 N–H and O–H groups in total. The number of benzene rings is 1. The van der Waals surface area contributed by atoms with Crippen LogP contribution in [0.2, 0.25) is 5.02 Å². The third kappa shape index (κ3) is 3.72. The number of rotatable bonds is 6. The predicted molar refractivity (Wildman–Crippen MR) is 87.8 cm³/mol. The first-order valence-corrected chi connectivity index (χ1v) is 7.55. The van der Waals surface area contributed by atoms with Crippen LogP contribution in [0.25, 0.3) is 0 Å². The number of aromatic nitrogens is 3. The molecule has 2 heterocycles. The van der Waals surface area contributed by atoms with Gasteiger partial charge >= 0.3 is 0 Å². The van der Waals surface area contributed by atoms with Crippen LogP contribution < -0.4 is 5.32 Å². The van der Waals surface area contributed by atoms with Gasteiger partial charge in [0.25, 0.3) is 0 Å². The van der Waals surface area contributed by atoms with Gasteiger partial charge in [-0.05, 0) is 41.5 Å². The van der Waals surface area contributed by atoms with Crippen LogP contribution in [0.4, 0.5) is 0 Å². The van der Waals surface area contributed by atoms with Gasteiger partial charge in [-0.1, -0.05) is 23.7 Å². The first-order valence-electron chi connectivity index (χ1n) is 7.17. The van der Waals surface area contributed by atoms with Crippen LogP contribution in [0.1, 0.15) is 17.2 Å². The summed E-state index contributed by atoms with van der Waals surface area (Å²) in [5.41, 5.74) is 2.39. The summed E-state index contributed by atoms with van der Waals surface area (Å²) in [7, 11) is 0. The fraction of sp³-hybridized carbons (Fsp3) is 0.176. The van der Waals surface area contributed by atoms with Crippen LogP contribution in [0.5, 0.6) is 0 Å². The van der Waals surface area contributed by atoms with Gasteiger partial charge in [0.1, 0.15) is 0 Å². The topological polar surface area (TPSA) is 42.7 Å². The Morgan fingerprint density at radius 2 is 1.82 bits per heavy atom. The summed E-state index contributed by atoms with van der Waals surface area (Å²) in [6.45, 7) is 1.58. The Hall–Kier alpha value is -2.17. The van der Waals surface area contributed by atoms with Gasteiger partial charge < -0.3 is 5.32 Å². The lowest BCUT2D eigenvalue weighted by Gasteiger charge is -2.19. The highest BCUT2D eigenvalue weighted by molar-refractivity contribution is 6.30. The highest BCUT2D eigenvalue weighted by Gasteiger charge is 2.13. The van der Waals surface area contributed by atoms with Gasteiger partial charge in [0.05, 0.1) is 6.04 Å². The van der Waals surface area contributed by atoms with E-state index in [9.17, 15) is 0 Å². The molecule has 5 heteroatoms. The lowest BCUT2D eigenvalue weighted by atomic mass is 10.1. The van der Waals surface area contributed by atoms with Gasteiger partial charge in [-0.15, -0.1) is 0 Å². The van der Waals surface area contributed by atoms with Crippen LogP contribution in [0.15, 0.2) is 67.3 Å². The summed E-state index contributed by atoms with van der Waals surface area (Å²) in [5, 5.41) is 8.60. The maximum Gasteiger partial charge on any atom is 0.0892 e. The Bertz CT molecular complexity index is 680. The quantitative estimate of drug-likeness (QED) is 0.759. The van der Waals surface area contributed by atoms with Crippen LogP contribution in [-0.2, 0) is 6.54 Å². The van der Waals surface area contributed by atoms with E-state index in [4.69, 9.17) is 11.6 Å². The van der Waals surface area contributed by atoms with Gasteiger partial charge in [0, 0.05) is 42.9 Å². The summed E-state index contributed by atoms with van der Waals surface area (Å²) in [6.07, 6.45) is 7.39. The number of halogens is 1. The second-order valence-electron chi connectivity index (χ2n) is 5.04. The molecule has 0 spiro atoms. The summed E-state index contributed by atoms with van der Waals surface area (Å²) >= 11 is 5.98. The highest BCUT2D eigenvalue weighted by Crippen LogP contribution is 2.19. The molecule has 0 bridgehead atoms. The van der Waals surface area contributed by atoms with E-state index in [0.29, 0.717) is 0 Å². The molecule has 112 valence electrons. The first kappa shape index (κ1) is 14.8. The zero-order valence-electron chi connectivity index (χ0n) is 12.1. The molecule has 0 unspecified atom stereocenters. The first-order chi connectivity index (χ1) is 10.8. The van der Waals surface area contributed by atoms with Crippen LogP contribution in [0.3, 0.4) is 0 Å². The van der Waals surface area contributed by atoms with Crippen molar-refractivity contribution in [1.82, 2.24) is 20.1 Å². The summed E-state index contributed by atoms with van der Waals surface area (Å²) in [5.74, 6) is 0. The second kappa shape index (κ2) is 7.20. The van der Waals surface area contributed by atoms with E-state index < -0.39 is 0 Å². The molecule has 3 rings (SSSR count). The zero-order chi connectivity index (χ0) is 15.2. The molecule has 1 atom stereocenters. The molecular formula is C17H17ClN4. The van der Waals surface area contributed by atoms with Crippen molar-refractivity contribution in [3.63, 3.8) is 0 Å². The van der Waals surface area contributed by atoms with E-state index in [-0.39, 0.29) is 6.04 Å². The number of nitrogens with one attached hydrogen (secondary N) is 1. The number of hydrogen-bond donors (Lipinski definition) is 1. The van der Waals surface area contributed by atoms with Crippen molar-refractivity contribution < 1.29 is 0 Å². The lowest BCUT2D eigenvalue weighted by molar-refractivity contribution is 0.480. The van der Waals surface area contributed by atoms with Crippen molar-refractivity contribution in [2.24, 2.45) is 0 Å². The molecule has 0 amide bonds. The van der Waals surface area contributed by atoms with E-state index in [1.54, 1.807) is 18.6 Å². The van der Waals surface area contributed by atoms with Gasteiger partial charge in [0.2, 0.25) is 0 Å². The van der Waals surface area contributed by atoms with Crippen LogP contribution in [0, 0.1) is 0 Å². The SMILES string of the molecule is Clc1ccc([C@H](CNCc2ccncc2)n2cccn2)cc1. The van der Waals surface area contributed by atoms with Gasteiger partial charge in [0.15, 0.2) is 0 Å². The van der Waals surface area contributed by atoms with Crippen molar-refractivity contribution in [3.05, 3.63) is 83.4 Å². The molecule has 2 aromatic heterocycles. The number of hydrogen-bond acceptors (Lipinski definition) is 3. The zero-order valence-corrected chi connectivity index (χ0v) is 12.8. The standard InChI is InChI=1S/C17H17ClN4/c18-16-4-2-15(3-5-16)17(22-11-1-8-21-22)13-20-12-14-6-9-19-10-7-14/h1-11,17,20H,12-13H2/t17-/m0/s1. The molecule has 0 fully saturated rings. The van der Waals surface area contributed by atoms with E-state index in [1.807, 2.05) is 53.3 Å². The maximum atomic E-state index is 5.98. The molecular weight excluding hydrogens is 296 g/mol. The third-order valence-corrected chi connectivity index (χ3v) is 3.77. The molecule has 1 aromatic carbocycles. The third-order valence-electron chi connectivity index (χ3n) is 3.52. The van der Waals surface area contributed by atoms with Gasteiger partial charge in [-0.25, -0.2) is 0 Å². The van der Waals surface area contributed by atoms with Crippen molar-refractivity contribution in [1.29, 1.82) is 0 Å². The molecule has 4 nitrogen and oxygen atoms in total. The lowest BCUT2D eigenvalue weighted by Crippen LogP contribution is -2.26. The minimum absolute atomic E-state index is 0.133. The van der Waals surface area contributed by atoms with E-state index in [0.717, 1.165) is 18.1 Å². The van der Waals surface area contributed by atoms with Crippen molar-refractivity contribution in [3.8, 4) is 0 Å². The van der Waals surface area contributed by atoms with Crippen molar-refractivity contribution >= 4 is 11.6 Å². The highest BCUT2D eigenvalue weighted by atomic mass is 35.5. The minimum atomic E-state index is 0.133. The largest absolute Gasteiger partial charge is 0.310 e. The Labute approximate surface area is 134 Å². The molecule has 0 aliphatic carbocycles. The Balaban J connectivity index is 1.71. The smallest absolute Gasteiger partial charge is 0.0892 e. The van der Waals surface area contributed by atoms with Crippen molar-refractivity contribution in [2.75, 3.05) is 6.54 Å². The molecule has 0 radical (unpaired) electrons. The molecule has 0 aliphatic rings. The van der Waals surface area contributed by atoms with Gasteiger partial charge in [-0.3, -0.25) is 9.67 Å². The van der Waals surface area contributed by atoms with Crippen LogP contribution in [-0.4, -0.2) is 21.3 Å². The summed E-state index contributed by atoms with van der Waals surface area (Å²) < 4.78 is 1.96. The second-order valence-corrected chi connectivity index (χ2v) is 5.48. The average Bonchev–Trinajstić information content (AvgIpc) is 3.08. The Morgan fingerprint density at radius 1 is 1.05 bits per heavy atom. The average molecular weight is 313 g/mol. The van der Waals surface area contributed by atoms with E-state index in [2.05, 4.69) is 15.4 Å². The predicted octanol–water partition coefficient (Wildman–Crippen LogP) is 3.31. The molecule has 0 aliphatic heterocycles. The normalized spacial score (nSPS) is 12.2. The van der Waals surface area contributed by atoms with E-state index >= 15 is 0 Å².